The summed E-state index contributed by atoms with van der Waals surface area (Å²) >= 11 is 0. The van der Waals surface area contributed by atoms with E-state index in [9.17, 15) is 9.18 Å². The molecular weight excluding hydrogens is 185 g/mol. The van der Waals surface area contributed by atoms with Gasteiger partial charge in [0.1, 0.15) is 5.82 Å². The first kappa shape index (κ1) is 10.7. The molecule has 3 N–H and O–H groups in total. The Hall–Kier alpha value is -1.42. The van der Waals surface area contributed by atoms with Crippen molar-refractivity contribution in [3.63, 3.8) is 0 Å². The lowest BCUT2D eigenvalue weighted by atomic mass is 10.0. The van der Waals surface area contributed by atoms with E-state index in [0.29, 0.717) is 5.56 Å². The van der Waals surface area contributed by atoms with Crippen LogP contribution in [0.2, 0.25) is 0 Å². The standard InChI is InChI=1S/C10H12FNO2/c11-8-4-2-1-3-7(8)9(12)5-6-10(13)14/h1-4,9H,5-6,12H2,(H,13,14)/t9-/m1/s1. The molecule has 1 aromatic carbocycles. The van der Waals surface area contributed by atoms with Gasteiger partial charge in [-0.05, 0) is 12.5 Å². The highest BCUT2D eigenvalue weighted by atomic mass is 19.1. The Kier molecular flexibility index (Phi) is 3.59. The third kappa shape index (κ3) is 2.81. The van der Waals surface area contributed by atoms with Crippen LogP contribution in [0.15, 0.2) is 24.3 Å². The molecule has 0 unspecified atom stereocenters. The molecule has 1 atom stereocenters. The SMILES string of the molecule is N[C@H](CCC(=O)O)c1ccccc1F. The molecule has 0 aliphatic rings. The zero-order chi connectivity index (χ0) is 10.6. The number of carbonyl (C=O) groups is 1. The molecule has 0 saturated carbocycles. The number of hydrogen-bond acceptors (Lipinski definition) is 2. The number of aliphatic carboxylic acids is 1. The molecule has 0 aliphatic carbocycles. The normalized spacial score (nSPS) is 12.4. The first-order valence-electron chi connectivity index (χ1n) is 4.33. The van der Waals surface area contributed by atoms with Gasteiger partial charge in [0.2, 0.25) is 0 Å². The topological polar surface area (TPSA) is 63.3 Å². The fraction of sp³-hybridized carbons (Fsp3) is 0.300. The predicted molar refractivity (Wildman–Crippen MR) is 50.2 cm³/mol. The van der Waals surface area contributed by atoms with Crippen molar-refractivity contribution in [2.24, 2.45) is 5.73 Å². The van der Waals surface area contributed by atoms with Crippen LogP contribution in [-0.4, -0.2) is 11.1 Å². The van der Waals surface area contributed by atoms with Crippen LogP contribution in [0.3, 0.4) is 0 Å². The van der Waals surface area contributed by atoms with Crippen molar-refractivity contribution in [2.45, 2.75) is 18.9 Å². The Bertz CT molecular complexity index is 328. The van der Waals surface area contributed by atoms with E-state index in [2.05, 4.69) is 0 Å². The van der Waals surface area contributed by atoms with Crippen molar-refractivity contribution in [1.82, 2.24) is 0 Å². The maximum Gasteiger partial charge on any atom is 0.303 e. The predicted octanol–water partition coefficient (Wildman–Crippen LogP) is 1.69. The highest BCUT2D eigenvalue weighted by molar-refractivity contribution is 5.66. The molecule has 1 rings (SSSR count). The molecular formula is C10H12FNO2. The van der Waals surface area contributed by atoms with Gasteiger partial charge in [-0.1, -0.05) is 18.2 Å². The summed E-state index contributed by atoms with van der Waals surface area (Å²) in [6.07, 6.45) is 0.200. The van der Waals surface area contributed by atoms with Gasteiger partial charge in [0, 0.05) is 18.0 Å². The lowest BCUT2D eigenvalue weighted by molar-refractivity contribution is -0.137. The van der Waals surface area contributed by atoms with Crippen molar-refractivity contribution >= 4 is 5.97 Å². The number of nitrogens with two attached hydrogens (primary N) is 1. The monoisotopic (exact) mass is 197 g/mol. The highest BCUT2D eigenvalue weighted by Crippen LogP contribution is 2.18. The number of halogens is 1. The van der Waals surface area contributed by atoms with Gasteiger partial charge in [-0.2, -0.15) is 0 Å². The quantitative estimate of drug-likeness (QED) is 0.772. The first-order valence-corrected chi connectivity index (χ1v) is 4.33. The second-order valence-corrected chi connectivity index (χ2v) is 3.06. The molecule has 0 saturated heterocycles. The molecule has 0 aromatic heterocycles. The summed E-state index contributed by atoms with van der Waals surface area (Å²) in [4.78, 5) is 10.3. The number of carboxylic acid groups (broad SMARTS) is 1. The van der Waals surface area contributed by atoms with Gasteiger partial charge >= 0.3 is 5.97 Å². The van der Waals surface area contributed by atoms with E-state index in [4.69, 9.17) is 10.8 Å². The molecule has 14 heavy (non-hydrogen) atoms. The van der Waals surface area contributed by atoms with Crippen LogP contribution in [0.25, 0.3) is 0 Å². The van der Waals surface area contributed by atoms with Gasteiger partial charge in [0.05, 0.1) is 0 Å². The molecule has 4 heteroatoms. The Morgan fingerprint density at radius 2 is 2.14 bits per heavy atom. The average molecular weight is 197 g/mol. The summed E-state index contributed by atoms with van der Waals surface area (Å²) in [7, 11) is 0. The summed E-state index contributed by atoms with van der Waals surface area (Å²) in [5.41, 5.74) is 6.01. The Labute approximate surface area is 81.4 Å². The van der Waals surface area contributed by atoms with Gasteiger partial charge in [-0.3, -0.25) is 4.79 Å². The summed E-state index contributed by atoms with van der Waals surface area (Å²) in [5.74, 6) is -1.30. The minimum Gasteiger partial charge on any atom is -0.481 e. The maximum atomic E-state index is 13.1. The smallest absolute Gasteiger partial charge is 0.303 e. The van der Waals surface area contributed by atoms with Crippen LogP contribution in [0.5, 0.6) is 0 Å². The minimum atomic E-state index is -0.920. The second kappa shape index (κ2) is 4.72. The minimum absolute atomic E-state index is 0.0461. The van der Waals surface area contributed by atoms with Gasteiger partial charge in [0.25, 0.3) is 0 Å². The van der Waals surface area contributed by atoms with E-state index >= 15 is 0 Å². The van der Waals surface area contributed by atoms with Crippen molar-refractivity contribution in [2.75, 3.05) is 0 Å². The summed E-state index contributed by atoms with van der Waals surface area (Å²) in [6.45, 7) is 0. The van der Waals surface area contributed by atoms with E-state index < -0.39 is 12.0 Å². The summed E-state index contributed by atoms with van der Waals surface area (Å²) in [6, 6.07) is 5.59. The lowest BCUT2D eigenvalue weighted by Gasteiger charge is -2.10. The van der Waals surface area contributed by atoms with Crippen LogP contribution in [-0.2, 0) is 4.79 Å². The molecule has 0 heterocycles. The van der Waals surface area contributed by atoms with E-state index in [-0.39, 0.29) is 18.7 Å². The number of rotatable bonds is 4. The Morgan fingerprint density at radius 1 is 1.50 bits per heavy atom. The third-order valence-electron chi connectivity index (χ3n) is 1.97. The van der Waals surface area contributed by atoms with Crippen molar-refractivity contribution in [3.8, 4) is 0 Å². The number of benzene rings is 1. The summed E-state index contributed by atoms with van der Waals surface area (Å²) < 4.78 is 13.1. The molecule has 0 bridgehead atoms. The molecule has 0 aliphatic heterocycles. The average Bonchev–Trinajstić information content (AvgIpc) is 2.15. The molecule has 76 valence electrons. The maximum absolute atomic E-state index is 13.1. The van der Waals surface area contributed by atoms with Crippen molar-refractivity contribution in [3.05, 3.63) is 35.6 Å². The zero-order valence-corrected chi connectivity index (χ0v) is 7.61. The number of hydrogen-bond donors (Lipinski definition) is 2. The van der Waals surface area contributed by atoms with E-state index in [1.807, 2.05) is 0 Å². The van der Waals surface area contributed by atoms with Crippen LogP contribution in [0.1, 0.15) is 24.4 Å². The Balaban J connectivity index is 2.65. The van der Waals surface area contributed by atoms with Gasteiger partial charge in [-0.25, -0.2) is 4.39 Å². The van der Waals surface area contributed by atoms with Gasteiger partial charge < -0.3 is 10.8 Å². The van der Waals surface area contributed by atoms with E-state index in [0.717, 1.165) is 0 Å². The number of carboxylic acids is 1. The second-order valence-electron chi connectivity index (χ2n) is 3.06. The lowest BCUT2D eigenvalue weighted by Crippen LogP contribution is -2.13. The molecule has 0 fully saturated rings. The highest BCUT2D eigenvalue weighted by Gasteiger charge is 2.11. The van der Waals surface area contributed by atoms with Gasteiger partial charge in [-0.15, -0.1) is 0 Å². The molecule has 1 aromatic rings. The first-order chi connectivity index (χ1) is 6.61. The van der Waals surface area contributed by atoms with Crippen LogP contribution in [0.4, 0.5) is 4.39 Å². The summed E-state index contributed by atoms with van der Waals surface area (Å²) in [5, 5.41) is 8.43. The van der Waals surface area contributed by atoms with Crippen LogP contribution in [0, 0.1) is 5.82 Å². The molecule has 0 amide bonds. The third-order valence-corrected chi connectivity index (χ3v) is 1.97. The Morgan fingerprint density at radius 3 is 2.71 bits per heavy atom. The molecule has 0 spiro atoms. The van der Waals surface area contributed by atoms with Crippen molar-refractivity contribution in [1.29, 1.82) is 0 Å². The molecule has 0 radical (unpaired) electrons. The van der Waals surface area contributed by atoms with E-state index in [1.165, 1.54) is 6.07 Å². The fourth-order valence-corrected chi connectivity index (χ4v) is 1.21. The fourth-order valence-electron chi connectivity index (χ4n) is 1.21. The molecule has 3 nitrogen and oxygen atoms in total. The zero-order valence-electron chi connectivity index (χ0n) is 7.61. The van der Waals surface area contributed by atoms with Crippen LogP contribution >= 0.6 is 0 Å². The van der Waals surface area contributed by atoms with Crippen molar-refractivity contribution < 1.29 is 14.3 Å². The van der Waals surface area contributed by atoms with Crippen LogP contribution < -0.4 is 5.73 Å². The van der Waals surface area contributed by atoms with E-state index in [1.54, 1.807) is 18.2 Å². The largest absolute Gasteiger partial charge is 0.481 e. The van der Waals surface area contributed by atoms with Gasteiger partial charge in [0.15, 0.2) is 0 Å².